The highest BCUT2D eigenvalue weighted by atomic mass is 32.1. The van der Waals surface area contributed by atoms with Gasteiger partial charge in [-0.2, -0.15) is 0 Å². The van der Waals surface area contributed by atoms with Crippen LogP contribution in [-0.4, -0.2) is 16.0 Å². The van der Waals surface area contributed by atoms with Gasteiger partial charge in [0.25, 0.3) is 5.91 Å². The van der Waals surface area contributed by atoms with Crippen LogP contribution in [-0.2, 0) is 0 Å². The number of carbonyl (C=O) groups is 1. The molecule has 5 nitrogen and oxygen atoms in total. The highest BCUT2D eigenvalue weighted by molar-refractivity contribution is 7.21. The fourth-order valence-electron chi connectivity index (χ4n) is 2.30. The lowest BCUT2D eigenvalue weighted by Crippen LogP contribution is -2.10. The van der Waals surface area contributed by atoms with Crippen molar-refractivity contribution in [1.82, 2.24) is 4.98 Å². The summed E-state index contributed by atoms with van der Waals surface area (Å²) in [5, 5.41) is 10.1. The Hall–Kier alpha value is -2.60. The van der Waals surface area contributed by atoms with E-state index in [1.165, 1.54) is 11.3 Å². The normalized spacial score (nSPS) is 10.9. The van der Waals surface area contributed by atoms with Gasteiger partial charge in [-0.15, -0.1) is 11.3 Å². The first-order valence-corrected chi connectivity index (χ1v) is 7.08. The van der Waals surface area contributed by atoms with Gasteiger partial charge in [0.1, 0.15) is 15.5 Å². The molecule has 0 bridgehead atoms. The summed E-state index contributed by atoms with van der Waals surface area (Å²) in [6, 6.07) is 8.71. The Morgan fingerprint density at radius 3 is 2.57 bits per heavy atom. The van der Waals surface area contributed by atoms with Gasteiger partial charge in [0.05, 0.1) is 5.69 Å². The molecule has 0 aliphatic rings. The molecule has 0 atom stereocenters. The van der Waals surface area contributed by atoms with Crippen molar-refractivity contribution in [2.45, 2.75) is 6.92 Å². The molecule has 1 amide bonds. The lowest BCUT2D eigenvalue weighted by molar-refractivity contribution is 0.100. The SMILES string of the molecule is Cc1cc(-c2ccc(O)cc2)c2c(N)c(C(N)=O)sc2n1. The second kappa shape index (κ2) is 4.75. The minimum absolute atomic E-state index is 0.192. The van der Waals surface area contributed by atoms with Crippen molar-refractivity contribution in [3.8, 4) is 16.9 Å². The number of thiophene rings is 1. The zero-order valence-electron chi connectivity index (χ0n) is 11.3. The molecule has 0 aliphatic heterocycles. The molecule has 2 aromatic heterocycles. The topological polar surface area (TPSA) is 102 Å². The van der Waals surface area contributed by atoms with E-state index in [1.54, 1.807) is 24.3 Å². The van der Waals surface area contributed by atoms with E-state index in [1.807, 2.05) is 13.0 Å². The first-order valence-electron chi connectivity index (χ1n) is 6.26. The molecular formula is C15H13N3O2S. The fraction of sp³-hybridized carbons (Fsp3) is 0.0667. The van der Waals surface area contributed by atoms with E-state index in [-0.39, 0.29) is 5.75 Å². The molecule has 0 saturated carbocycles. The molecule has 2 heterocycles. The molecule has 3 rings (SSSR count). The van der Waals surface area contributed by atoms with E-state index in [0.717, 1.165) is 22.2 Å². The quantitative estimate of drug-likeness (QED) is 0.677. The van der Waals surface area contributed by atoms with Crippen LogP contribution < -0.4 is 11.5 Å². The number of primary amides is 1. The Labute approximate surface area is 124 Å². The third-order valence-electron chi connectivity index (χ3n) is 3.23. The van der Waals surface area contributed by atoms with E-state index in [2.05, 4.69) is 4.98 Å². The van der Waals surface area contributed by atoms with Gasteiger partial charge in [0.2, 0.25) is 0 Å². The zero-order chi connectivity index (χ0) is 15.1. The predicted molar refractivity (Wildman–Crippen MR) is 84.4 cm³/mol. The lowest BCUT2D eigenvalue weighted by atomic mass is 10.0. The van der Waals surface area contributed by atoms with Crippen molar-refractivity contribution >= 4 is 33.1 Å². The molecule has 0 radical (unpaired) electrons. The number of pyridine rings is 1. The molecule has 106 valence electrons. The summed E-state index contributed by atoms with van der Waals surface area (Å²) in [7, 11) is 0. The molecule has 0 saturated heterocycles. The number of rotatable bonds is 2. The molecule has 6 heteroatoms. The number of phenols is 1. The summed E-state index contributed by atoms with van der Waals surface area (Å²) < 4.78 is 0. The molecule has 21 heavy (non-hydrogen) atoms. The van der Waals surface area contributed by atoms with Crippen LogP contribution in [0.25, 0.3) is 21.3 Å². The Bertz CT molecular complexity index is 853. The third-order valence-corrected chi connectivity index (χ3v) is 4.34. The Balaban J connectivity index is 2.36. The summed E-state index contributed by atoms with van der Waals surface area (Å²) in [4.78, 5) is 16.9. The summed E-state index contributed by atoms with van der Waals surface area (Å²) >= 11 is 1.20. The smallest absolute Gasteiger partial charge is 0.260 e. The third kappa shape index (κ3) is 2.19. The van der Waals surface area contributed by atoms with Crippen LogP contribution in [0.2, 0.25) is 0 Å². The number of nitrogens with zero attached hydrogens (tertiary/aromatic N) is 1. The number of aromatic hydroxyl groups is 1. The van der Waals surface area contributed by atoms with Gasteiger partial charge in [-0.1, -0.05) is 12.1 Å². The first kappa shape index (κ1) is 13.4. The maximum Gasteiger partial charge on any atom is 0.260 e. The molecular weight excluding hydrogens is 286 g/mol. The van der Waals surface area contributed by atoms with Crippen LogP contribution in [0.1, 0.15) is 15.4 Å². The van der Waals surface area contributed by atoms with Crippen LogP contribution >= 0.6 is 11.3 Å². The molecule has 3 aromatic rings. The van der Waals surface area contributed by atoms with Gasteiger partial charge in [0.15, 0.2) is 0 Å². The van der Waals surface area contributed by atoms with Gasteiger partial charge in [0, 0.05) is 11.1 Å². The van der Waals surface area contributed by atoms with Crippen molar-refractivity contribution < 1.29 is 9.90 Å². The molecule has 5 N–H and O–H groups in total. The number of fused-ring (bicyclic) bond motifs is 1. The van der Waals surface area contributed by atoms with Gasteiger partial charge in [-0.05, 0) is 36.2 Å². The van der Waals surface area contributed by atoms with Gasteiger partial charge in [-0.3, -0.25) is 4.79 Å². The average molecular weight is 299 g/mol. The van der Waals surface area contributed by atoms with Crippen LogP contribution in [0, 0.1) is 6.92 Å². The number of aromatic nitrogens is 1. The number of anilines is 1. The standard InChI is InChI=1S/C15H13N3O2S/c1-7-6-10(8-2-4-9(19)5-3-8)11-12(16)13(14(17)20)21-15(11)18-7/h2-6,19H,16H2,1H3,(H2,17,20). The van der Waals surface area contributed by atoms with Crippen molar-refractivity contribution in [2.24, 2.45) is 5.73 Å². The molecule has 0 fully saturated rings. The van der Waals surface area contributed by atoms with Crippen LogP contribution in [0.4, 0.5) is 5.69 Å². The first-order chi connectivity index (χ1) is 9.97. The van der Waals surface area contributed by atoms with Crippen molar-refractivity contribution in [3.05, 3.63) is 40.9 Å². The fourth-order valence-corrected chi connectivity index (χ4v) is 3.31. The number of nitrogens with two attached hydrogens (primary N) is 2. The van der Waals surface area contributed by atoms with E-state index in [4.69, 9.17) is 11.5 Å². The monoisotopic (exact) mass is 299 g/mol. The van der Waals surface area contributed by atoms with Crippen molar-refractivity contribution in [1.29, 1.82) is 0 Å². The maximum absolute atomic E-state index is 11.5. The molecule has 1 aromatic carbocycles. The summed E-state index contributed by atoms with van der Waals surface area (Å²) in [6.45, 7) is 1.88. The Morgan fingerprint density at radius 1 is 1.29 bits per heavy atom. The number of nitrogen functional groups attached to an aromatic ring is 1. The predicted octanol–water partition coefficient (Wildman–Crippen LogP) is 2.66. The number of phenolic OH excluding ortho intramolecular Hbond substituents is 1. The Kier molecular flexibility index (Phi) is 3.03. The van der Waals surface area contributed by atoms with Crippen molar-refractivity contribution in [2.75, 3.05) is 5.73 Å². The second-order valence-electron chi connectivity index (χ2n) is 4.75. The highest BCUT2D eigenvalue weighted by Gasteiger charge is 2.18. The van der Waals surface area contributed by atoms with Gasteiger partial charge in [-0.25, -0.2) is 4.98 Å². The number of benzene rings is 1. The molecule has 0 unspecified atom stereocenters. The van der Waals surface area contributed by atoms with E-state index in [9.17, 15) is 9.90 Å². The van der Waals surface area contributed by atoms with Crippen LogP contribution in [0.5, 0.6) is 5.75 Å². The highest BCUT2D eigenvalue weighted by Crippen LogP contribution is 2.39. The van der Waals surface area contributed by atoms with E-state index >= 15 is 0 Å². The zero-order valence-corrected chi connectivity index (χ0v) is 12.1. The summed E-state index contributed by atoms with van der Waals surface area (Å²) in [5.74, 6) is -0.360. The number of aryl methyl sites for hydroxylation is 1. The van der Waals surface area contributed by atoms with Gasteiger partial charge < -0.3 is 16.6 Å². The van der Waals surface area contributed by atoms with E-state index < -0.39 is 5.91 Å². The molecule has 0 spiro atoms. The number of hydrogen-bond acceptors (Lipinski definition) is 5. The number of hydrogen-bond donors (Lipinski definition) is 3. The lowest BCUT2D eigenvalue weighted by Gasteiger charge is -2.06. The molecule has 0 aliphatic carbocycles. The van der Waals surface area contributed by atoms with E-state index in [0.29, 0.717) is 15.4 Å². The Morgan fingerprint density at radius 2 is 1.95 bits per heavy atom. The summed E-state index contributed by atoms with van der Waals surface area (Å²) in [5.41, 5.74) is 14.4. The van der Waals surface area contributed by atoms with Crippen LogP contribution in [0.3, 0.4) is 0 Å². The van der Waals surface area contributed by atoms with Crippen molar-refractivity contribution in [3.63, 3.8) is 0 Å². The van der Waals surface area contributed by atoms with Crippen LogP contribution in [0.15, 0.2) is 30.3 Å². The average Bonchev–Trinajstić information content (AvgIpc) is 2.76. The minimum atomic E-state index is -0.551. The summed E-state index contributed by atoms with van der Waals surface area (Å²) in [6.07, 6.45) is 0. The number of carbonyl (C=O) groups excluding carboxylic acids is 1. The minimum Gasteiger partial charge on any atom is -0.508 e. The number of amides is 1. The van der Waals surface area contributed by atoms with Gasteiger partial charge >= 0.3 is 0 Å². The maximum atomic E-state index is 11.5. The largest absolute Gasteiger partial charge is 0.508 e. The second-order valence-corrected chi connectivity index (χ2v) is 5.75.